The average Bonchev–Trinajstić information content (AvgIpc) is 3.25. The molecule has 0 saturated heterocycles. The summed E-state index contributed by atoms with van der Waals surface area (Å²) in [5.74, 6) is 2.05. The van der Waals surface area contributed by atoms with Gasteiger partial charge in [0.1, 0.15) is 11.8 Å². The van der Waals surface area contributed by atoms with Crippen molar-refractivity contribution >= 4 is 11.6 Å². The second kappa shape index (κ2) is 4.91. The van der Waals surface area contributed by atoms with Gasteiger partial charge in [0.05, 0.1) is 12.0 Å². The van der Waals surface area contributed by atoms with Gasteiger partial charge in [-0.3, -0.25) is 4.79 Å². The van der Waals surface area contributed by atoms with Gasteiger partial charge in [-0.25, -0.2) is 5.01 Å². The van der Waals surface area contributed by atoms with Crippen LogP contribution in [0.1, 0.15) is 30.7 Å². The first-order chi connectivity index (χ1) is 10.7. The third-order valence-corrected chi connectivity index (χ3v) is 3.81. The molecule has 0 fully saturated rings. The molecule has 0 spiro atoms. The first-order valence-corrected chi connectivity index (χ1v) is 7.03. The van der Waals surface area contributed by atoms with Gasteiger partial charge < -0.3 is 13.9 Å². The van der Waals surface area contributed by atoms with E-state index in [0.29, 0.717) is 12.2 Å². The Bertz CT molecular complexity index is 752. The van der Waals surface area contributed by atoms with Crippen LogP contribution in [-0.4, -0.2) is 23.4 Å². The number of amides is 1. The highest BCUT2D eigenvalue weighted by Gasteiger charge is 2.33. The Morgan fingerprint density at radius 2 is 2.14 bits per heavy atom. The third-order valence-electron chi connectivity index (χ3n) is 3.81. The van der Waals surface area contributed by atoms with Crippen LogP contribution in [0.25, 0.3) is 0 Å². The minimum Gasteiger partial charge on any atom is -0.467 e. The fourth-order valence-electron chi connectivity index (χ4n) is 2.75. The highest BCUT2D eigenvalue weighted by molar-refractivity contribution is 6.03. The number of carbonyl (C=O) groups excluding carboxylic acids is 1. The Hall–Kier alpha value is -2.76. The van der Waals surface area contributed by atoms with E-state index < -0.39 is 0 Å². The zero-order valence-corrected chi connectivity index (χ0v) is 12.0. The standard InChI is InChI=1S/C16H14N2O4/c1-10(19)18-13(14-3-2-6-20-14)8-12(17-18)11-4-5-15-16(7-11)22-9-21-15/h2-7,13H,8-9H2,1H3. The molecule has 2 aromatic rings. The number of ether oxygens (including phenoxy) is 2. The maximum atomic E-state index is 11.8. The van der Waals surface area contributed by atoms with Crippen LogP contribution < -0.4 is 9.47 Å². The van der Waals surface area contributed by atoms with E-state index in [1.165, 1.54) is 11.9 Å². The number of rotatable bonds is 2. The predicted octanol–water partition coefficient (Wildman–Crippen LogP) is 2.71. The molecule has 1 unspecified atom stereocenters. The van der Waals surface area contributed by atoms with Crippen molar-refractivity contribution in [1.29, 1.82) is 0 Å². The molecule has 6 nitrogen and oxygen atoms in total. The highest BCUT2D eigenvalue weighted by atomic mass is 16.7. The summed E-state index contributed by atoms with van der Waals surface area (Å²) < 4.78 is 16.2. The maximum Gasteiger partial charge on any atom is 0.240 e. The van der Waals surface area contributed by atoms with Crippen LogP contribution in [-0.2, 0) is 4.79 Å². The summed E-state index contributed by atoms with van der Waals surface area (Å²) in [6.45, 7) is 1.74. The highest BCUT2D eigenvalue weighted by Crippen LogP contribution is 2.37. The van der Waals surface area contributed by atoms with E-state index in [-0.39, 0.29) is 18.7 Å². The number of hydrogen-bond acceptors (Lipinski definition) is 5. The van der Waals surface area contributed by atoms with Crippen molar-refractivity contribution in [3.8, 4) is 11.5 Å². The third kappa shape index (κ3) is 2.04. The fraction of sp³-hybridized carbons (Fsp3) is 0.250. The van der Waals surface area contributed by atoms with Crippen molar-refractivity contribution in [3.63, 3.8) is 0 Å². The molecule has 1 aromatic carbocycles. The van der Waals surface area contributed by atoms with Crippen molar-refractivity contribution in [2.45, 2.75) is 19.4 Å². The average molecular weight is 298 g/mol. The van der Waals surface area contributed by atoms with Crippen LogP contribution in [0.5, 0.6) is 11.5 Å². The van der Waals surface area contributed by atoms with Crippen LogP contribution in [0, 0.1) is 0 Å². The molecule has 2 aliphatic rings. The van der Waals surface area contributed by atoms with Gasteiger partial charge in [-0.15, -0.1) is 0 Å². The molecule has 2 aliphatic heterocycles. The topological polar surface area (TPSA) is 64.3 Å². The second-order valence-electron chi connectivity index (χ2n) is 5.21. The predicted molar refractivity (Wildman–Crippen MR) is 77.7 cm³/mol. The van der Waals surface area contributed by atoms with Gasteiger partial charge in [-0.05, 0) is 30.3 Å². The van der Waals surface area contributed by atoms with Crippen molar-refractivity contribution in [3.05, 3.63) is 47.9 Å². The fourth-order valence-corrected chi connectivity index (χ4v) is 2.75. The van der Waals surface area contributed by atoms with E-state index in [2.05, 4.69) is 5.10 Å². The minimum absolute atomic E-state index is 0.114. The first-order valence-electron chi connectivity index (χ1n) is 7.03. The largest absolute Gasteiger partial charge is 0.467 e. The number of furan rings is 1. The van der Waals surface area contributed by atoms with E-state index in [4.69, 9.17) is 13.9 Å². The lowest BCUT2D eigenvalue weighted by atomic mass is 10.0. The van der Waals surface area contributed by atoms with Crippen molar-refractivity contribution in [2.24, 2.45) is 5.10 Å². The summed E-state index contributed by atoms with van der Waals surface area (Å²) in [4.78, 5) is 11.8. The molecule has 0 aliphatic carbocycles. The molecular weight excluding hydrogens is 284 g/mol. The van der Waals surface area contributed by atoms with E-state index in [0.717, 1.165) is 22.8 Å². The van der Waals surface area contributed by atoms with Crippen LogP contribution in [0.15, 0.2) is 46.1 Å². The number of fused-ring (bicyclic) bond motifs is 1. The Kier molecular flexibility index (Phi) is 2.89. The monoisotopic (exact) mass is 298 g/mol. The van der Waals surface area contributed by atoms with Crippen LogP contribution >= 0.6 is 0 Å². The number of hydrogen-bond donors (Lipinski definition) is 0. The Balaban J connectivity index is 1.68. The van der Waals surface area contributed by atoms with Crippen molar-refractivity contribution < 1.29 is 18.7 Å². The van der Waals surface area contributed by atoms with Crippen LogP contribution in [0.4, 0.5) is 0 Å². The second-order valence-corrected chi connectivity index (χ2v) is 5.21. The van der Waals surface area contributed by atoms with Crippen LogP contribution in [0.2, 0.25) is 0 Å². The molecule has 3 heterocycles. The molecule has 0 bridgehead atoms. The summed E-state index contributed by atoms with van der Waals surface area (Å²) in [6.07, 6.45) is 2.21. The molecule has 0 saturated carbocycles. The maximum absolute atomic E-state index is 11.8. The lowest BCUT2D eigenvalue weighted by molar-refractivity contribution is -0.130. The lowest BCUT2D eigenvalue weighted by Crippen LogP contribution is -2.23. The molecule has 112 valence electrons. The molecule has 4 rings (SSSR count). The Morgan fingerprint density at radius 1 is 1.27 bits per heavy atom. The minimum atomic E-state index is -0.201. The normalized spacial score (nSPS) is 19.4. The van der Waals surface area contributed by atoms with Gasteiger partial charge in [0.2, 0.25) is 12.7 Å². The number of hydrazone groups is 1. The molecule has 1 amide bonds. The van der Waals surface area contributed by atoms with Gasteiger partial charge >= 0.3 is 0 Å². The first kappa shape index (κ1) is 12.9. The van der Waals surface area contributed by atoms with Gasteiger partial charge in [0.25, 0.3) is 0 Å². The smallest absolute Gasteiger partial charge is 0.240 e. The van der Waals surface area contributed by atoms with E-state index in [1.54, 1.807) is 6.26 Å². The van der Waals surface area contributed by atoms with Crippen molar-refractivity contribution in [2.75, 3.05) is 6.79 Å². The Morgan fingerprint density at radius 3 is 2.91 bits per heavy atom. The molecule has 22 heavy (non-hydrogen) atoms. The zero-order chi connectivity index (χ0) is 15.1. The van der Waals surface area contributed by atoms with E-state index >= 15 is 0 Å². The summed E-state index contributed by atoms with van der Waals surface area (Å²) in [7, 11) is 0. The van der Waals surface area contributed by atoms with Gasteiger partial charge in [-0.2, -0.15) is 5.10 Å². The molecule has 0 N–H and O–H groups in total. The Labute approximate surface area is 126 Å². The van der Waals surface area contributed by atoms with Crippen LogP contribution in [0.3, 0.4) is 0 Å². The number of carbonyl (C=O) groups is 1. The molecule has 0 radical (unpaired) electrons. The summed E-state index contributed by atoms with van der Waals surface area (Å²) >= 11 is 0. The van der Waals surface area contributed by atoms with E-state index in [9.17, 15) is 4.79 Å². The van der Waals surface area contributed by atoms with Gasteiger partial charge in [-0.1, -0.05) is 0 Å². The summed E-state index contributed by atoms with van der Waals surface area (Å²) in [5.41, 5.74) is 1.75. The number of benzene rings is 1. The summed E-state index contributed by atoms with van der Waals surface area (Å²) in [6, 6.07) is 9.15. The molecule has 1 atom stereocenters. The molecule has 1 aromatic heterocycles. The van der Waals surface area contributed by atoms with Crippen molar-refractivity contribution in [1.82, 2.24) is 5.01 Å². The quantitative estimate of drug-likeness (QED) is 0.855. The van der Waals surface area contributed by atoms with E-state index in [1.807, 2.05) is 30.3 Å². The van der Waals surface area contributed by atoms with Gasteiger partial charge in [0.15, 0.2) is 11.5 Å². The molecule has 6 heteroatoms. The molecular formula is C16H14N2O4. The zero-order valence-electron chi connectivity index (χ0n) is 12.0. The van der Waals surface area contributed by atoms with Gasteiger partial charge in [0, 0.05) is 18.9 Å². The SMILES string of the molecule is CC(=O)N1N=C(c2ccc3c(c2)OCO3)CC1c1ccco1. The summed E-state index contributed by atoms with van der Waals surface area (Å²) in [5, 5.41) is 5.94. The lowest BCUT2D eigenvalue weighted by Gasteiger charge is -2.17. The number of nitrogens with zero attached hydrogens (tertiary/aromatic N) is 2.